The fraction of sp³-hybridized carbons (Fsp3) is 0.659. The molecule has 0 saturated carbocycles. The minimum Gasteiger partial charge on any atom is -0.463 e. The number of unbranched alkanes of at least 4 members (excludes halogenated alkanes) is 14. The van der Waals surface area contributed by atoms with E-state index in [9.17, 15) is 9.59 Å². The largest absolute Gasteiger partial charge is 0.463 e. The van der Waals surface area contributed by atoms with Gasteiger partial charge in [-0.15, -0.1) is 0 Å². The van der Waals surface area contributed by atoms with Gasteiger partial charge in [0.15, 0.2) is 0 Å². The monoisotopic (exact) mass is 681 g/mol. The van der Waals surface area contributed by atoms with Crippen LogP contribution in [0, 0.1) is 0 Å². The second-order valence-electron chi connectivity index (χ2n) is 13.0. The number of amides is 1. The molecule has 0 fully saturated rings. The molecule has 0 unspecified atom stereocenters. The number of esters is 1. The Bertz CT molecular complexity index is 1110. The Morgan fingerprint density at radius 3 is 1.53 bits per heavy atom. The van der Waals surface area contributed by atoms with Crippen LogP contribution in [0.25, 0.3) is 11.1 Å². The predicted molar refractivity (Wildman–Crippen MR) is 196 cm³/mol. The second kappa shape index (κ2) is 26.9. The molecule has 0 atom stereocenters. The number of hydrogen-bond donors (Lipinski definition) is 1. The van der Waals surface area contributed by atoms with Crippen LogP contribution in [0.15, 0.2) is 48.5 Å². The lowest BCUT2D eigenvalue weighted by Gasteiger charge is -2.14. The first-order chi connectivity index (χ1) is 24.2. The summed E-state index contributed by atoms with van der Waals surface area (Å²) in [6.07, 6.45) is 19.7. The van der Waals surface area contributed by atoms with Gasteiger partial charge in [-0.2, -0.15) is 0 Å². The Morgan fingerprint density at radius 2 is 1.00 bits per heavy atom. The summed E-state index contributed by atoms with van der Waals surface area (Å²) in [6.45, 7) is 5.66. The molecule has 274 valence electrons. The Kier molecular flexibility index (Phi) is 22.2. The number of nitrogens with one attached hydrogen (secondary N) is 1. The standard InChI is InChI=1S/C41H63NO7/c1-2-3-4-5-6-7-8-9-10-11-12-13-14-15-16-25-40(43)48-33-32-47-31-30-46-29-28-45-27-26-42-41(44)49-34-39-37-23-19-17-21-35(37)36-22-18-20-24-38(36)39/h17-24,39H,2-16,25-34H2,1H3,(H,42,44). The van der Waals surface area contributed by atoms with E-state index in [4.69, 9.17) is 23.7 Å². The molecule has 0 radical (unpaired) electrons. The van der Waals surface area contributed by atoms with E-state index in [-0.39, 0.29) is 18.5 Å². The van der Waals surface area contributed by atoms with Crippen molar-refractivity contribution in [1.29, 1.82) is 0 Å². The molecular formula is C41H63NO7. The second-order valence-corrected chi connectivity index (χ2v) is 13.0. The number of alkyl carbamates (subject to hydrolysis) is 1. The molecule has 8 heteroatoms. The van der Waals surface area contributed by atoms with Gasteiger partial charge in [-0.05, 0) is 28.7 Å². The SMILES string of the molecule is CCCCCCCCCCCCCCCCCC(=O)OCCOCCOCCOCCNC(=O)OCC1c2ccccc2-c2ccccc21. The summed E-state index contributed by atoms with van der Waals surface area (Å²) in [6, 6.07) is 16.5. The summed E-state index contributed by atoms with van der Waals surface area (Å²) in [5, 5.41) is 2.74. The van der Waals surface area contributed by atoms with Crippen molar-refractivity contribution in [3.05, 3.63) is 59.7 Å². The maximum Gasteiger partial charge on any atom is 0.407 e. The highest BCUT2D eigenvalue weighted by Gasteiger charge is 2.28. The molecule has 1 amide bonds. The summed E-state index contributed by atoms with van der Waals surface area (Å²) in [7, 11) is 0. The molecule has 0 aromatic heterocycles. The van der Waals surface area contributed by atoms with Gasteiger partial charge in [-0.25, -0.2) is 4.79 Å². The Hall–Kier alpha value is -2.94. The summed E-state index contributed by atoms with van der Waals surface area (Å²) in [4.78, 5) is 24.2. The maximum absolute atomic E-state index is 12.2. The van der Waals surface area contributed by atoms with Crippen molar-refractivity contribution in [2.24, 2.45) is 0 Å². The van der Waals surface area contributed by atoms with E-state index in [1.54, 1.807) is 0 Å². The molecule has 0 saturated heterocycles. The molecular weight excluding hydrogens is 618 g/mol. The lowest BCUT2D eigenvalue weighted by Crippen LogP contribution is -2.29. The lowest BCUT2D eigenvalue weighted by molar-refractivity contribution is -0.145. The lowest BCUT2D eigenvalue weighted by atomic mass is 9.98. The van der Waals surface area contributed by atoms with Crippen LogP contribution in [0.4, 0.5) is 4.79 Å². The number of rotatable bonds is 30. The minimum atomic E-state index is -0.449. The van der Waals surface area contributed by atoms with Crippen molar-refractivity contribution in [3.63, 3.8) is 0 Å². The van der Waals surface area contributed by atoms with Crippen LogP contribution in [0.2, 0.25) is 0 Å². The van der Waals surface area contributed by atoms with E-state index >= 15 is 0 Å². The Labute approximate surface area is 296 Å². The van der Waals surface area contributed by atoms with Gasteiger partial charge in [0.05, 0.1) is 39.6 Å². The zero-order chi connectivity index (χ0) is 34.6. The normalized spacial score (nSPS) is 12.1. The Balaban J connectivity index is 1.01. The van der Waals surface area contributed by atoms with E-state index in [1.165, 1.54) is 106 Å². The average Bonchev–Trinajstić information content (AvgIpc) is 3.44. The van der Waals surface area contributed by atoms with Crippen LogP contribution in [-0.4, -0.2) is 71.5 Å². The van der Waals surface area contributed by atoms with Gasteiger partial charge in [0.2, 0.25) is 0 Å². The molecule has 1 N–H and O–H groups in total. The molecule has 1 aliphatic carbocycles. The smallest absolute Gasteiger partial charge is 0.407 e. The van der Waals surface area contributed by atoms with Gasteiger partial charge in [-0.1, -0.05) is 145 Å². The third-order valence-corrected chi connectivity index (χ3v) is 9.08. The molecule has 2 aromatic carbocycles. The van der Waals surface area contributed by atoms with Crippen LogP contribution in [0.1, 0.15) is 127 Å². The molecule has 0 aliphatic heterocycles. The molecule has 0 spiro atoms. The quantitative estimate of drug-likeness (QED) is 0.0649. The van der Waals surface area contributed by atoms with Crippen molar-refractivity contribution in [1.82, 2.24) is 5.32 Å². The predicted octanol–water partition coefficient (Wildman–Crippen LogP) is 9.38. The van der Waals surface area contributed by atoms with Crippen LogP contribution in [0.5, 0.6) is 0 Å². The van der Waals surface area contributed by atoms with E-state index < -0.39 is 6.09 Å². The van der Waals surface area contributed by atoms with Crippen LogP contribution < -0.4 is 5.32 Å². The van der Waals surface area contributed by atoms with Crippen molar-refractivity contribution < 1.29 is 33.3 Å². The molecule has 0 bridgehead atoms. The van der Waals surface area contributed by atoms with E-state index in [0.29, 0.717) is 59.2 Å². The van der Waals surface area contributed by atoms with Gasteiger partial charge in [0.25, 0.3) is 0 Å². The molecule has 49 heavy (non-hydrogen) atoms. The molecule has 2 aromatic rings. The van der Waals surface area contributed by atoms with Crippen molar-refractivity contribution in [2.45, 2.75) is 116 Å². The Morgan fingerprint density at radius 1 is 0.551 bits per heavy atom. The van der Waals surface area contributed by atoms with Crippen molar-refractivity contribution in [3.8, 4) is 11.1 Å². The van der Waals surface area contributed by atoms with Gasteiger partial charge in [0, 0.05) is 18.9 Å². The highest BCUT2D eigenvalue weighted by molar-refractivity contribution is 5.79. The molecule has 1 aliphatic rings. The number of carbonyl (C=O) groups is 2. The zero-order valence-electron chi connectivity index (χ0n) is 30.2. The summed E-state index contributed by atoms with van der Waals surface area (Å²) in [5.41, 5.74) is 4.79. The topological polar surface area (TPSA) is 92.3 Å². The highest BCUT2D eigenvalue weighted by atomic mass is 16.6. The first-order valence-electron chi connectivity index (χ1n) is 19.2. The van der Waals surface area contributed by atoms with E-state index in [0.717, 1.165) is 12.8 Å². The number of carbonyl (C=O) groups excluding carboxylic acids is 2. The fourth-order valence-corrected chi connectivity index (χ4v) is 6.34. The van der Waals surface area contributed by atoms with Gasteiger partial charge >= 0.3 is 12.1 Å². The molecule has 8 nitrogen and oxygen atoms in total. The van der Waals surface area contributed by atoms with E-state index in [1.807, 2.05) is 24.3 Å². The number of fused-ring (bicyclic) bond motifs is 3. The zero-order valence-corrected chi connectivity index (χ0v) is 30.2. The molecule has 0 heterocycles. The number of ether oxygens (including phenoxy) is 5. The van der Waals surface area contributed by atoms with Crippen LogP contribution >= 0.6 is 0 Å². The van der Waals surface area contributed by atoms with Crippen molar-refractivity contribution >= 4 is 12.1 Å². The third-order valence-electron chi connectivity index (χ3n) is 9.08. The fourth-order valence-electron chi connectivity index (χ4n) is 6.34. The van der Waals surface area contributed by atoms with Gasteiger partial charge < -0.3 is 29.0 Å². The first kappa shape index (κ1) is 40.5. The maximum atomic E-state index is 12.2. The van der Waals surface area contributed by atoms with Gasteiger partial charge in [0.1, 0.15) is 13.2 Å². The summed E-state index contributed by atoms with van der Waals surface area (Å²) in [5.74, 6) is -0.0982. The van der Waals surface area contributed by atoms with Crippen LogP contribution in [-0.2, 0) is 28.5 Å². The third kappa shape index (κ3) is 17.5. The summed E-state index contributed by atoms with van der Waals surface area (Å²) < 4.78 is 27.3. The average molecular weight is 682 g/mol. The highest BCUT2D eigenvalue weighted by Crippen LogP contribution is 2.44. The van der Waals surface area contributed by atoms with Crippen LogP contribution in [0.3, 0.4) is 0 Å². The van der Waals surface area contributed by atoms with Gasteiger partial charge in [-0.3, -0.25) is 4.79 Å². The summed E-state index contributed by atoms with van der Waals surface area (Å²) >= 11 is 0. The molecule has 3 rings (SSSR count). The van der Waals surface area contributed by atoms with Crippen molar-refractivity contribution in [2.75, 3.05) is 59.4 Å². The minimum absolute atomic E-state index is 0.0408. The first-order valence-corrected chi connectivity index (χ1v) is 19.2. The number of hydrogen-bond acceptors (Lipinski definition) is 7. The number of benzene rings is 2. The van der Waals surface area contributed by atoms with E-state index in [2.05, 4.69) is 36.5 Å².